The quantitative estimate of drug-likeness (QED) is 0.842. The van der Waals surface area contributed by atoms with Crippen LogP contribution in [0.25, 0.3) is 0 Å². The van der Waals surface area contributed by atoms with E-state index in [4.69, 9.17) is 15.6 Å². The molecule has 18 heavy (non-hydrogen) atoms. The zero-order valence-electron chi connectivity index (χ0n) is 11.4. The summed E-state index contributed by atoms with van der Waals surface area (Å²) in [7, 11) is 0. The van der Waals surface area contributed by atoms with E-state index in [9.17, 15) is 4.79 Å². The van der Waals surface area contributed by atoms with Gasteiger partial charge in [-0.2, -0.15) is 0 Å². The van der Waals surface area contributed by atoms with Crippen LogP contribution in [-0.4, -0.2) is 22.7 Å². The molecule has 1 aromatic rings. The molecule has 0 saturated carbocycles. The summed E-state index contributed by atoms with van der Waals surface area (Å²) in [5.74, 6) is -0.240. The van der Waals surface area contributed by atoms with Gasteiger partial charge >= 0.3 is 5.97 Å². The van der Waals surface area contributed by atoms with Crippen molar-refractivity contribution in [1.82, 2.24) is 0 Å². The molecule has 0 radical (unpaired) electrons. The summed E-state index contributed by atoms with van der Waals surface area (Å²) in [5, 5.41) is 8.82. The van der Waals surface area contributed by atoms with E-state index < -0.39 is 17.6 Å². The molecule has 0 amide bonds. The number of hydrogen-bond donors (Lipinski definition) is 2. The Hall–Kier alpha value is -1.55. The van der Waals surface area contributed by atoms with Crippen LogP contribution in [0.2, 0.25) is 0 Å². The Balaban J connectivity index is 2.78. The molecule has 1 rings (SSSR count). The number of carbonyl (C=O) groups is 1. The molecule has 0 heterocycles. The molecule has 4 nitrogen and oxygen atoms in total. The minimum atomic E-state index is -1.01. The van der Waals surface area contributed by atoms with Crippen molar-refractivity contribution in [2.75, 3.05) is 0 Å². The Labute approximate surface area is 108 Å². The zero-order chi connectivity index (χ0) is 13.9. The summed E-state index contributed by atoms with van der Waals surface area (Å²) >= 11 is 0. The largest absolute Gasteiger partial charge is 0.488 e. The molecular formula is C14H21NO3. The molecule has 0 aliphatic carbocycles. The maximum atomic E-state index is 10.8. The van der Waals surface area contributed by atoms with Crippen molar-refractivity contribution in [3.05, 3.63) is 29.3 Å². The molecule has 3 N–H and O–H groups in total. The predicted octanol–water partition coefficient (Wildman–Crippen LogP) is 2.26. The molecule has 0 aliphatic heterocycles. The fraction of sp³-hybridized carbons (Fsp3) is 0.500. The van der Waals surface area contributed by atoms with Gasteiger partial charge in [0.2, 0.25) is 0 Å². The van der Waals surface area contributed by atoms with E-state index in [-0.39, 0.29) is 6.42 Å². The highest BCUT2D eigenvalue weighted by atomic mass is 16.5. The van der Waals surface area contributed by atoms with Crippen LogP contribution in [0.15, 0.2) is 18.2 Å². The minimum Gasteiger partial charge on any atom is -0.488 e. The van der Waals surface area contributed by atoms with Gasteiger partial charge in [-0.1, -0.05) is 17.7 Å². The van der Waals surface area contributed by atoms with Gasteiger partial charge < -0.3 is 15.6 Å². The van der Waals surface area contributed by atoms with E-state index in [1.54, 1.807) is 0 Å². The van der Waals surface area contributed by atoms with Gasteiger partial charge in [0.05, 0.1) is 0 Å². The van der Waals surface area contributed by atoms with E-state index in [1.165, 1.54) is 5.56 Å². The monoisotopic (exact) mass is 251 g/mol. The summed E-state index contributed by atoms with van der Waals surface area (Å²) in [6, 6.07) is 4.99. The van der Waals surface area contributed by atoms with Gasteiger partial charge in [0.15, 0.2) is 0 Å². The van der Waals surface area contributed by atoms with Gasteiger partial charge in [-0.3, -0.25) is 4.79 Å². The molecule has 100 valence electrons. The number of carboxylic acid groups (broad SMARTS) is 1. The smallest absolute Gasteiger partial charge is 0.320 e. The van der Waals surface area contributed by atoms with Crippen molar-refractivity contribution in [1.29, 1.82) is 0 Å². The number of aryl methyl sites for hydroxylation is 2. The summed E-state index contributed by atoms with van der Waals surface area (Å²) in [5.41, 5.74) is 7.13. The molecule has 0 aromatic heterocycles. The van der Waals surface area contributed by atoms with E-state index in [2.05, 4.69) is 0 Å². The average molecular weight is 251 g/mol. The SMILES string of the molecule is Cc1ccc(OC(C)(C)CC(N)C(=O)O)c(C)c1. The number of rotatable bonds is 5. The molecule has 1 aromatic carbocycles. The maximum Gasteiger partial charge on any atom is 0.320 e. The van der Waals surface area contributed by atoms with Crippen LogP contribution in [0, 0.1) is 13.8 Å². The average Bonchev–Trinajstić information content (AvgIpc) is 2.21. The van der Waals surface area contributed by atoms with Crippen molar-refractivity contribution in [3.63, 3.8) is 0 Å². The lowest BCUT2D eigenvalue weighted by Gasteiger charge is -2.29. The van der Waals surface area contributed by atoms with Crippen LogP contribution < -0.4 is 10.5 Å². The first-order valence-electron chi connectivity index (χ1n) is 5.96. The lowest BCUT2D eigenvalue weighted by atomic mass is 9.99. The van der Waals surface area contributed by atoms with Crippen LogP contribution in [0.3, 0.4) is 0 Å². The topological polar surface area (TPSA) is 72.5 Å². The third-order valence-electron chi connectivity index (χ3n) is 2.75. The van der Waals surface area contributed by atoms with Crippen molar-refractivity contribution in [2.24, 2.45) is 5.73 Å². The summed E-state index contributed by atoms with van der Waals surface area (Å²) in [4.78, 5) is 10.8. The normalized spacial score (nSPS) is 13.2. The Morgan fingerprint density at radius 1 is 1.44 bits per heavy atom. The molecule has 4 heteroatoms. The number of ether oxygens (including phenoxy) is 1. The first-order valence-corrected chi connectivity index (χ1v) is 5.96. The Morgan fingerprint density at radius 3 is 2.56 bits per heavy atom. The standard InChI is InChI=1S/C14H21NO3/c1-9-5-6-12(10(2)7-9)18-14(3,4)8-11(15)13(16)17/h5-7,11H,8,15H2,1-4H3,(H,16,17). The first-order chi connectivity index (χ1) is 8.21. The van der Waals surface area contributed by atoms with Crippen molar-refractivity contribution in [2.45, 2.75) is 45.8 Å². The predicted molar refractivity (Wildman–Crippen MR) is 70.9 cm³/mol. The molecule has 1 atom stereocenters. The number of carboxylic acids is 1. The maximum absolute atomic E-state index is 10.8. The van der Waals surface area contributed by atoms with Gasteiger partial charge in [0.25, 0.3) is 0 Å². The molecule has 0 aliphatic rings. The highest BCUT2D eigenvalue weighted by molar-refractivity contribution is 5.73. The van der Waals surface area contributed by atoms with Gasteiger partial charge in [0.1, 0.15) is 17.4 Å². The number of hydrogen-bond acceptors (Lipinski definition) is 3. The molecule has 1 unspecified atom stereocenters. The van der Waals surface area contributed by atoms with E-state index in [0.717, 1.165) is 11.3 Å². The van der Waals surface area contributed by atoms with Crippen LogP contribution >= 0.6 is 0 Å². The summed E-state index contributed by atoms with van der Waals surface area (Å²) in [6.45, 7) is 7.67. The van der Waals surface area contributed by atoms with Crippen molar-refractivity contribution >= 4 is 5.97 Å². The van der Waals surface area contributed by atoms with E-state index in [1.807, 2.05) is 45.9 Å². The van der Waals surface area contributed by atoms with Crippen LogP contribution in [0.4, 0.5) is 0 Å². The first kappa shape index (κ1) is 14.5. The second kappa shape index (κ2) is 5.40. The van der Waals surface area contributed by atoms with Crippen LogP contribution in [0.1, 0.15) is 31.4 Å². The fourth-order valence-electron chi connectivity index (χ4n) is 1.87. The Bertz CT molecular complexity index is 441. The summed E-state index contributed by atoms with van der Waals surface area (Å²) < 4.78 is 5.87. The second-order valence-corrected chi connectivity index (χ2v) is 5.28. The third-order valence-corrected chi connectivity index (χ3v) is 2.75. The van der Waals surface area contributed by atoms with Gasteiger partial charge in [-0.05, 0) is 39.3 Å². The number of aliphatic carboxylic acids is 1. The highest BCUT2D eigenvalue weighted by Gasteiger charge is 2.27. The Kier molecular flexibility index (Phi) is 4.35. The number of benzene rings is 1. The van der Waals surface area contributed by atoms with Crippen molar-refractivity contribution in [3.8, 4) is 5.75 Å². The second-order valence-electron chi connectivity index (χ2n) is 5.28. The van der Waals surface area contributed by atoms with Crippen LogP contribution in [0.5, 0.6) is 5.75 Å². The van der Waals surface area contributed by atoms with Gasteiger partial charge in [-0.25, -0.2) is 0 Å². The van der Waals surface area contributed by atoms with Crippen molar-refractivity contribution < 1.29 is 14.6 Å². The molecule has 0 spiro atoms. The lowest BCUT2D eigenvalue weighted by molar-refractivity contribution is -0.139. The summed E-state index contributed by atoms with van der Waals surface area (Å²) in [6.07, 6.45) is 0.260. The van der Waals surface area contributed by atoms with E-state index in [0.29, 0.717) is 0 Å². The fourth-order valence-corrected chi connectivity index (χ4v) is 1.87. The van der Waals surface area contributed by atoms with E-state index >= 15 is 0 Å². The van der Waals surface area contributed by atoms with Gasteiger partial charge in [-0.15, -0.1) is 0 Å². The molecular weight excluding hydrogens is 230 g/mol. The lowest BCUT2D eigenvalue weighted by Crippen LogP contribution is -2.41. The zero-order valence-corrected chi connectivity index (χ0v) is 11.4. The molecule has 0 saturated heterocycles. The van der Waals surface area contributed by atoms with Crippen LogP contribution in [-0.2, 0) is 4.79 Å². The minimum absolute atomic E-state index is 0.260. The third kappa shape index (κ3) is 4.04. The number of nitrogens with two attached hydrogens (primary N) is 1. The molecule has 0 bridgehead atoms. The Morgan fingerprint density at radius 2 is 2.06 bits per heavy atom. The van der Waals surface area contributed by atoms with Gasteiger partial charge in [0, 0.05) is 6.42 Å². The molecule has 0 fully saturated rings. The highest BCUT2D eigenvalue weighted by Crippen LogP contribution is 2.26.